The van der Waals surface area contributed by atoms with E-state index in [2.05, 4.69) is 10.6 Å². The van der Waals surface area contributed by atoms with Crippen molar-refractivity contribution in [2.75, 3.05) is 13.1 Å². The van der Waals surface area contributed by atoms with E-state index in [-0.39, 0.29) is 12.5 Å². The first-order chi connectivity index (χ1) is 9.93. The second kappa shape index (κ2) is 8.26. The summed E-state index contributed by atoms with van der Waals surface area (Å²) in [7, 11) is 0. The fraction of sp³-hybridized carbons (Fsp3) is 0.357. The summed E-state index contributed by atoms with van der Waals surface area (Å²) < 4.78 is 4.88. The first-order valence-corrected chi connectivity index (χ1v) is 6.82. The zero-order valence-corrected chi connectivity index (χ0v) is 12.6. The second-order valence-electron chi connectivity index (χ2n) is 4.22. The molecule has 0 aliphatic heterocycles. The molecule has 1 atom stereocenters. The predicted octanol–water partition coefficient (Wildman–Crippen LogP) is 1.14. The molecule has 2 N–H and O–H groups in total. The maximum absolute atomic E-state index is 11.7. The Labute approximate surface area is 127 Å². The van der Waals surface area contributed by atoms with Crippen LogP contribution in [0, 0.1) is 0 Å². The summed E-state index contributed by atoms with van der Waals surface area (Å²) in [6, 6.07) is 6.23. The number of benzene rings is 1. The summed E-state index contributed by atoms with van der Waals surface area (Å²) in [5.41, 5.74) is 0.379. The lowest BCUT2D eigenvalue weighted by atomic mass is 10.2. The molecule has 21 heavy (non-hydrogen) atoms. The molecule has 0 heterocycles. The number of carbonyl (C=O) groups is 3. The molecular weight excluding hydrogens is 296 g/mol. The number of nitrogens with one attached hydrogen (secondary N) is 2. The van der Waals surface area contributed by atoms with Gasteiger partial charge in [0.2, 0.25) is 0 Å². The van der Waals surface area contributed by atoms with Crippen molar-refractivity contribution in [3.05, 3.63) is 34.9 Å². The molecule has 0 fully saturated rings. The topological polar surface area (TPSA) is 84.5 Å². The van der Waals surface area contributed by atoms with Crippen molar-refractivity contribution < 1.29 is 19.1 Å². The zero-order chi connectivity index (χ0) is 15.8. The van der Waals surface area contributed by atoms with Crippen molar-refractivity contribution in [3.63, 3.8) is 0 Å². The predicted molar refractivity (Wildman–Crippen MR) is 78.0 cm³/mol. The van der Waals surface area contributed by atoms with Gasteiger partial charge in [-0.2, -0.15) is 0 Å². The van der Waals surface area contributed by atoms with E-state index in [0.717, 1.165) is 0 Å². The molecule has 0 aliphatic carbocycles. The largest absolute Gasteiger partial charge is 0.451 e. The number of hydrogen-bond donors (Lipinski definition) is 2. The van der Waals surface area contributed by atoms with Gasteiger partial charge >= 0.3 is 5.97 Å². The minimum absolute atomic E-state index is 0.314. The Morgan fingerprint density at radius 3 is 2.38 bits per heavy atom. The van der Waals surface area contributed by atoms with Crippen LogP contribution in [0.1, 0.15) is 24.2 Å². The van der Waals surface area contributed by atoms with E-state index in [4.69, 9.17) is 16.3 Å². The van der Waals surface area contributed by atoms with Gasteiger partial charge in [0.05, 0.1) is 0 Å². The first-order valence-electron chi connectivity index (χ1n) is 6.45. The highest BCUT2D eigenvalue weighted by Crippen LogP contribution is 2.09. The summed E-state index contributed by atoms with van der Waals surface area (Å²) in [5.74, 6) is -1.49. The van der Waals surface area contributed by atoms with Crippen LogP contribution in [0.25, 0.3) is 0 Å². The average Bonchev–Trinajstić information content (AvgIpc) is 2.45. The zero-order valence-electron chi connectivity index (χ0n) is 11.8. The number of hydrogen-bond acceptors (Lipinski definition) is 4. The Hall–Kier alpha value is -2.08. The van der Waals surface area contributed by atoms with E-state index in [1.165, 1.54) is 6.92 Å². The normalized spacial score (nSPS) is 11.4. The monoisotopic (exact) mass is 312 g/mol. The third-order valence-corrected chi connectivity index (χ3v) is 2.78. The lowest BCUT2D eigenvalue weighted by Crippen LogP contribution is -2.38. The third kappa shape index (κ3) is 5.83. The highest BCUT2D eigenvalue weighted by atomic mass is 35.5. The molecule has 7 heteroatoms. The van der Waals surface area contributed by atoms with Crippen molar-refractivity contribution in [2.24, 2.45) is 0 Å². The van der Waals surface area contributed by atoms with Gasteiger partial charge in [0, 0.05) is 17.1 Å². The van der Waals surface area contributed by atoms with Crippen LogP contribution in [0.5, 0.6) is 0 Å². The van der Waals surface area contributed by atoms with Crippen LogP contribution in [0.3, 0.4) is 0 Å². The number of esters is 1. The lowest BCUT2D eigenvalue weighted by Gasteiger charge is -2.13. The Bertz CT molecular complexity index is 516. The van der Waals surface area contributed by atoms with E-state index in [1.54, 1.807) is 31.2 Å². The number of halogens is 1. The lowest BCUT2D eigenvalue weighted by molar-refractivity contribution is -0.153. The molecule has 0 aromatic heterocycles. The summed E-state index contributed by atoms with van der Waals surface area (Å²) in [4.78, 5) is 34.6. The SMILES string of the molecule is CCNC(=O)[C@H](C)OC(=O)CNC(=O)c1ccc(Cl)cc1. The van der Waals surface area contributed by atoms with E-state index >= 15 is 0 Å². The summed E-state index contributed by atoms with van der Waals surface area (Å²) in [6.07, 6.45) is -0.898. The van der Waals surface area contributed by atoms with Gasteiger partial charge in [-0.05, 0) is 38.1 Å². The average molecular weight is 313 g/mol. The Morgan fingerprint density at radius 2 is 1.81 bits per heavy atom. The Morgan fingerprint density at radius 1 is 1.19 bits per heavy atom. The first kappa shape index (κ1) is 17.0. The van der Waals surface area contributed by atoms with E-state index < -0.39 is 18.0 Å². The van der Waals surface area contributed by atoms with Crippen LogP contribution in [0.15, 0.2) is 24.3 Å². The highest BCUT2D eigenvalue weighted by molar-refractivity contribution is 6.30. The van der Waals surface area contributed by atoms with Crippen molar-refractivity contribution in [1.29, 1.82) is 0 Å². The van der Waals surface area contributed by atoms with Gasteiger partial charge in [0.1, 0.15) is 6.54 Å². The van der Waals surface area contributed by atoms with Crippen LogP contribution in [0.2, 0.25) is 5.02 Å². The van der Waals surface area contributed by atoms with Crippen LogP contribution in [-0.2, 0) is 14.3 Å². The van der Waals surface area contributed by atoms with Crippen LogP contribution < -0.4 is 10.6 Å². The number of amides is 2. The molecule has 0 unspecified atom stereocenters. The minimum Gasteiger partial charge on any atom is -0.451 e. The van der Waals surface area contributed by atoms with Gasteiger partial charge in [0.15, 0.2) is 6.10 Å². The molecule has 0 bridgehead atoms. The van der Waals surface area contributed by atoms with E-state index in [1.807, 2.05) is 0 Å². The maximum atomic E-state index is 11.7. The molecule has 0 aliphatic rings. The molecule has 0 radical (unpaired) electrons. The summed E-state index contributed by atoms with van der Waals surface area (Å²) >= 11 is 5.71. The molecule has 0 spiro atoms. The quantitative estimate of drug-likeness (QED) is 0.771. The molecule has 6 nitrogen and oxygen atoms in total. The molecule has 0 saturated carbocycles. The molecule has 1 rings (SSSR count). The van der Waals surface area contributed by atoms with Crippen molar-refractivity contribution in [3.8, 4) is 0 Å². The smallest absolute Gasteiger partial charge is 0.326 e. The Kier molecular flexibility index (Phi) is 6.68. The van der Waals surface area contributed by atoms with Crippen molar-refractivity contribution >= 4 is 29.4 Å². The summed E-state index contributed by atoms with van der Waals surface area (Å²) in [5, 5.41) is 5.45. The van der Waals surface area contributed by atoms with Gasteiger partial charge in [-0.15, -0.1) is 0 Å². The Balaban J connectivity index is 2.40. The van der Waals surface area contributed by atoms with Gasteiger partial charge in [-0.1, -0.05) is 11.6 Å². The molecular formula is C14H17ClN2O4. The third-order valence-electron chi connectivity index (χ3n) is 2.53. The van der Waals surface area contributed by atoms with Crippen LogP contribution in [0.4, 0.5) is 0 Å². The standard InChI is InChI=1S/C14H17ClN2O4/c1-3-16-13(19)9(2)21-12(18)8-17-14(20)10-4-6-11(15)7-5-10/h4-7,9H,3,8H2,1-2H3,(H,16,19)(H,17,20)/t9-/m0/s1. The molecule has 0 saturated heterocycles. The van der Waals surface area contributed by atoms with Gasteiger partial charge in [0.25, 0.3) is 11.8 Å². The van der Waals surface area contributed by atoms with Crippen LogP contribution in [-0.4, -0.2) is 37.0 Å². The second-order valence-corrected chi connectivity index (χ2v) is 4.65. The van der Waals surface area contributed by atoms with Gasteiger partial charge in [-0.3, -0.25) is 14.4 Å². The van der Waals surface area contributed by atoms with E-state index in [0.29, 0.717) is 17.1 Å². The highest BCUT2D eigenvalue weighted by Gasteiger charge is 2.17. The number of ether oxygens (including phenoxy) is 1. The fourth-order valence-corrected chi connectivity index (χ4v) is 1.59. The van der Waals surface area contributed by atoms with Gasteiger partial charge in [-0.25, -0.2) is 0 Å². The summed E-state index contributed by atoms with van der Waals surface area (Å²) in [6.45, 7) is 3.36. The van der Waals surface area contributed by atoms with Crippen molar-refractivity contribution in [1.82, 2.24) is 10.6 Å². The van der Waals surface area contributed by atoms with Crippen LogP contribution >= 0.6 is 11.6 Å². The molecule has 114 valence electrons. The number of likely N-dealkylation sites (N-methyl/N-ethyl adjacent to an activating group) is 1. The number of rotatable bonds is 6. The molecule has 1 aromatic rings. The maximum Gasteiger partial charge on any atom is 0.326 e. The number of carbonyl (C=O) groups excluding carboxylic acids is 3. The van der Waals surface area contributed by atoms with Gasteiger partial charge < -0.3 is 15.4 Å². The fourth-order valence-electron chi connectivity index (χ4n) is 1.47. The van der Waals surface area contributed by atoms with Crippen molar-refractivity contribution in [2.45, 2.75) is 20.0 Å². The van der Waals surface area contributed by atoms with E-state index in [9.17, 15) is 14.4 Å². The molecule has 1 aromatic carbocycles. The molecule has 2 amide bonds. The minimum atomic E-state index is -0.898.